The molecule has 1 aliphatic carbocycles. The second-order valence-electron chi connectivity index (χ2n) is 5.58. The van der Waals surface area contributed by atoms with E-state index >= 15 is 0 Å². The molecule has 0 atom stereocenters. The van der Waals surface area contributed by atoms with Crippen LogP contribution in [0.25, 0.3) is 0 Å². The Balaban J connectivity index is 1.52. The zero-order valence-corrected chi connectivity index (χ0v) is 13.1. The summed E-state index contributed by atoms with van der Waals surface area (Å²) in [5.74, 6) is 2.63. The molecule has 1 heterocycles. The van der Waals surface area contributed by atoms with Gasteiger partial charge >= 0.3 is 0 Å². The number of rotatable bonds is 4. The number of thioether (sulfide) groups is 2. The van der Waals surface area contributed by atoms with Crippen molar-refractivity contribution in [1.29, 1.82) is 0 Å². The van der Waals surface area contributed by atoms with Crippen LogP contribution in [-0.2, 0) is 0 Å². The van der Waals surface area contributed by atoms with Crippen LogP contribution in [-0.4, -0.2) is 22.8 Å². The largest absolute Gasteiger partial charge is 0.382 e. The average molecular weight is 294 g/mol. The molecule has 2 aliphatic rings. The number of anilines is 1. The first kappa shape index (κ1) is 13.7. The minimum Gasteiger partial charge on any atom is -0.382 e. The summed E-state index contributed by atoms with van der Waals surface area (Å²) < 4.78 is 0. The molecule has 1 N–H and O–H groups in total. The van der Waals surface area contributed by atoms with Crippen molar-refractivity contribution in [3.05, 3.63) is 24.3 Å². The van der Waals surface area contributed by atoms with E-state index in [2.05, 4.69) is 53.1 Å². The summed E-state index contributed by atoms with van der Waals surface area (Å²) in [5.41, 5.74) is 1.30. The molecule has 19 heavy (non-hydrogen) atoms. The molecule has 1 aliphatic heterocycles. The van der Waals surface area contributed by atoms with Crippen LogP contribution in [0.15, 0.2) is 29.2 Å². The summed E-state index contributed by atoms with van der Waals surface area (Å²) in [6.45, 7) is 0. The highest BCUT2D eigenvalue weighted by Crippen LogP contribution is 2.35. The SMILES string of the molecule is c1cc(SC2CCCC2)ccc1NC1CCSCC1. The molecule has 104 valence electrons. The molecule has 0 unspecified atom stereocenters. The van der Waals surface area contributed by atoms with E-state index in [0.29, 0.717) is 6.04 Å². The van der Waals surface area contributed by atoms with Crippen molar-refractivity contribution in [3.8, 4) is 0 Å². The molecule has 3 heteroatoms. The van der Waals surface area contributed by atoms with Gasteiger partial charge in [-0.3, -0.25) is 0 Å². The number of nitrogens with one attached hydrogen (secondary N) is 1. The lowest BCUT2D eigenvalue weighted by Gasteiger charge is -2.23. The summed E-state index contributed by atoms with van der Waals surface area (Å²) >= 11 is 4.16. The average Bonchev–Trinajstić information content (AvgIpc) is 2.95. The molecule has 1 nitrogen and oxygen atoms in total. The monoisotopic (exact) mass is 293 g/mol. The van der Waals surface area contributed by atoms with Crippen LogP contribution in [0.3, 0.4) is 0 Å². The van der Waals surface area contributed by atoms with E-state index in [1.54, 1.807) is 0 Å². The first-order valence-corrected chi connectivity index (χ1v) is 9.54. The molecule has 0 amide bonds. The maximum Gasteiger partial charge on any atom is 0.0343 e. The van der Waals surface area contributed by atoms with Gasteiger partial charge in [-0.15, -0.1) is 11.8 Å². The van der Waals surface area contributed by atoms with E-state index in [1.165, 1.54) is 60.6 Å². The minimum absolute atomic E-state index is 0.689. The molecular weight excluding hydrogens is 270 g/mol. The number of hydrogen-bond donors (Lipinski definition) is 1. The van der Waals surface area contributed by atoms with Gasteiger partial charge in [0.2, 0.25) is 0 Å². The van der Waals surface area contributed by atoms with E-state index in [4.69, 9.17) is 0 Å². The van der Waals surface area contributed by atoms with Gasteiger partial charge in [-0.25, -0.2) is 0 Å². The predicted octanol–water partition coefficient (Wildman–Crippen LogP) is 5.03. The lowest BCUT2D eigenvalue weighted by atomic mass is 10.1. The molecule has 3 rings (SSSR count). The highest BCUT2D eigenvalue weighted by Gasteiger charge is 2.16. The first-order valence-electron chi connectivity index (χ1n) is 7.51. The van der Waals surface area contributed by atoms with Crippen LogP contribution >= 0.6 is 23.5 Å². The fraction of sp³-hybridized carbons (Fsp3) is 0.625. The van der Waals surface area contributed by atoms with Crippen LogP contribution in [0.2, 0.25) is 0 Å². The van der Waals surface area contributed by atoms with E-state index in [1.807, 2.05) is 0 Å². The molecule has 1 saturated carbocycles. The zero-order valence-electron chi connectivity index (χ0n) is 11.4. The molecule has 0 spiro atoms. The Labute approximate surface area is 125 Å². The maximum absolute atomic E-state index is 3.68. The predicted molar refractivity (Wildman–Crippen MR) is 88.5 cm³/mol. The van der Waals surface area contributed by atoms with Crippen molar-refractivity contribution in [2.24, 2.45) is 0 Å². The Morgan fingerprint density at radius 1 is 0.947 bits per heavy atom. The summed E-state index contributed by atoms with van der Waals surface area (Å²) in [7, 11) is 0. The Hall–Kier alpha value is -0.280. The minimum atomic E-state index is 0.689. The Morgan fingerprint density at radius 2 is 1.63 bits per heavy atom. The molecule has 0 radical (unpaired) electrons. The Bertz CT molecular complexity index is 378. The van der Waals surface area contributed by atoms with Crippen LogP contribution < -0.4 is 5.32 Å². The highest BCUT2D eigenvalue weighted by atomic mass is 32.2. The van der Waals surface area contributed by atoms with E-state index in [0.717, 1.165) is 5.25 Å². The van der Waals surface area contributed by atoms with Gasteiger partial charge in [0.1, 0.15) is 0 Å². The van der Waals surface area contributed by atoms with Gasteiger partial charge < -0.3 is 5.32 Å². The van der Waals surface area contributed by atoms with Crippen molar-refractivity contribution in [1.82, 2.24) is 0 Å². The Kier molecular flexibility index (Phi) is 5.00. The summed E-state index contributed by atoms with van der Waals surface area (Å²) in [6.07, 6.45) is 8.29. The lowest BCUT2D eigenvalue weighted by Crippen LogP contribution is -2.24. The number of benzene rings is 1. The molecule has 2 fully saturated rings. The van der Waals surface area contributed by atoms with Crippen molar-refractivity contribution >= 4 is 29.2 Å². The van der Waals surface area contributed by atoms with Gasteiger partial charge in [0, 0.05) is 21.9 Å². The quantitative estimate of drug-likeness (QED) is 0.836. The number of hydrogen-bond acceptors (Lipinski definition) is 3. The standard InChI is InChI=1S/C16H23NS2/c1-2-4-15(3-1)19-16-7-5-13(6-8-16)17-14-9-11-18-12-10-14/h5-8,14-15,17H,1-4,9-12H2. The fourth-order valence-electron chi connectivity index (χ4n) is 2.91. The maximum atomic E-state index is 3.68. The zero-order chi connectivity index (χ0) is 12.9. The van der Waals surface area contributed by atoms with Crippen molar-refractivity contribution in [2.45, 2.75) is 54.7 Å². The van der Waals surface area contributed by atoms with E-state index < -0.39 is 0 Å². The van der Waals surface area contributed by atoms with Gasteiger partial charge in [-0.2, -0.15) is 11.8 Å². The van der Waals surface area contributed by atoms with Gasteiger partial charge in [-0.1, -0.05) is 12.8 Å². The van der Waals surface area contributed by atoms with Gasteiger partial charge in [0.05, 0.1) is 0 Å². The van der Waals surface area contributed by atoms with Crippen LogP contribution in [0.5, 0.6) is 0 Å². The van der Waals surface area contributed by atoms with E-state index in [-0.39, 0.29) is 0 Å². The molecule has 1 saturated heterocycles. The Morgan fingerprint density at radius 3 is 2.32 bits per heavy atom. The van der Waals surface area contributed by atoms with Gasteiger partial charge in [0.25, 0.3) is 0 Å². The van der Waals surface area contributed by atoms with Crippen molar-refractivity contribution in [2.75, 3.05) is 16.8 Å². The normalized spacial score (nSPS) is 21.7. The van der Waals surface area contributed by atoms with Crippen LogP contribution in [0.1, 0.15) is 38.5 Å². The summed E-state index contributed by atoms with van der Waals surface area (Å²) in [6, 6.07) is 9.80. The smallest absolute Gasteiger partial charge is 0.0343 e. The third-order valence-corrected chi connectivity index (χ3v) is 6.45. The molecule has 0 bridgehead atoms. The van der Waals surface area contributed by atoms with E-state index in [9.17, 15) is 0 Å². The molecular formula is C16H23NS2. The lowest BCUT2D eigenvalue weighted by molar-refractivity contribution is 0.667. The van der Waals surface area contributed by atoms with Crippen molar-refractivity contribution < 1.29 is 0 Å². The second-order valence-corrected chi connectivity index (χ2v) is 8.18. The second kappa shape index (κ2) is 6.94. The summed E-state index contributed by atoms with van der Waals surface area (Å²) in [5, 5.41) is 4.55. The first-order chi connectivity index (χ1) is 9.40. The molecule has 1 aromatic carbocycles. The third kappa shape index (κ3) is 4.09. The van der Waals surface area contributed by atoms with Gasteiger partial charge in [-0.05, 0) is 61.5 Å². The fourth-order valence-corrected chi connectivity index (χ4v) is 5.26. The third-order valence-electron chi connectivity index (χ3n) is 4.05. The van der Waals surface area contributed by atoms with Crippen LogP contribution in [0, 0.1) is 0 Å². The van der Waals surface area contributed by atoms with Gasteiger partial charge in [0.15, 0.2) is 0 Å². The molecule has 0 aromatic heterocycles. The summed E-state index contributed by atoms with van der Waals surface area (Å²) in [4.78, 5) is 1.44. The topological polar surface area (TPSA) is 12.0 Å². The highest BCUT2D eigenvalue weighted by molar-refractivity contribution is 8.00. The molecule has 1 aromatic rings. The van der Waals surface area contributed by atoms with Crippen LogP contribution in [0.4, 0.5) is 5.69 Å². The van der Waals surface area contributed by atoms with Crippen molar-refractivity contribution in [3.63, 3.8) is 0 Å².